The minimum Gasteiger partial charge on any atom is -0.497 e. The number of anilines is 1. The molecule has 2 aromatic carbocycles. The number of aryl methyl sites for hydroxylation is 1. The molecule has 0 radical (unpaired) electrons. The van der Waals surface area contributed by atoms with Gasteiger partial charge >= 0.3 is 0 Å². The highest BCUT2D eigenvalue weighted by Crippen LogP contribution is 2.18. The molecule has 0 spiro atoms. The number of carbonyl (C=O) groups is 1. The first-order chi connectivity index (χ1) is 10.3. The predicted molar refractivity (Wildman–Crippen MR) is 83.5 cm³/mol. The molecule has 0 atom stereocenters. The van der Waals surface area contributed by atoms with E-state index in [2.05, 4.69) is 5.32 Å². The highest BCUT2D eigenvalue weighted by atomic mass is 32.2. The zero-order valence-electron chi connectivity index (χ0n) is 12.2. The Bertz CT molecular complexity index is 799. The standard InChI is InChI=1S/C15H16N2O4S/c1-10-7-11(9-14(8-10)22(16,19)20)15(18)17-12-3-5-13(21-2)6-4-12/h3-9H,1-2H3,(H,17,18)(H2,16,19,20). The number of hydrogen-bond donors (Lipinski definition) is 2. The molecule has 0 aliphatic carbocycles. The van der Waals surface area contributed by atoms with Crippen molar-refractivity contribution in [1.29, 1.82) is 0 Å². The fraction of sp³-hybridized carbons (Fsp3) is 0.133. The van der Waals surface area contributed by atoms with E-state index in [1.807, 2.05) is 0 Å². The Morgan fingerprint density at radius 2 is 1.77 bits per heavy atom. The molecule has 0 heterocycles. The lowest BCUT2D eigenvalue weighted by Gasteiger charge is -2.08. The van der Waals surface area contributed by atoms with Crippen LogP contribution >= 0.6 is 0 Å². The molecule has 1 amide bonds. The van der Waals surface area contributed by atoms with E-state index < -0.39 is 15.9 Å². The molecular weight excluding hydrogens is 304 g/mol. The van der Waals surface area contributed by atoms with E-state index in [0.717, 1.165) is 0 Å². The van der Waals surface area contributed by atoms with Gasteiger partial charge in [0, 0.05) is 11.3 Å². The predicted octanol–water partition coefficient (Wildman–Crippen LogP) is 1.90. The van der Waals surface area contributed by atoms with Crippen molar-refractivity contribution in [3.63, 3.8) is 0 Å². The summed E-state index contributed by atoms with van der Waals surface area (Å²) in [6, 6.07) is 11.1. The first-order valence-electron chi connectivity index (χ1n) is 6.39. The van der Waals surface area contributed by atoms with E-state index in [1.54, 1.807) is 44.4 Å². The smallest absolute Gasteiger partial charge is 0.255 e. The molecule has 116 valence electrons. The maximum Gasteiger partial charge on any atom is 0.255 e. The van der Waals surface area contributed by atoms with Gasteiger partial charge in [0.05, 0.1) is 12.0 Å². The van der Waals surface area contributed by atoms with Crippen LogP contribution < -0.4 is 15.2 Å². The molecule has 22 heavy (non-hydrogen) atoms. The number of primary sulfonamides is 1. The second-order valence-corrected chi connectivity index (χ2v) is 6.32. The summed E-state index contributed by atoms with van der Waals surface area (Å²) in [6.07, 6.45) is 0. The second-order valence-electron chi connectivity index (χ2n) is 4.76. The van der Waals surface area contributed by atoms with Gasteiger partial charge in [0.2, 0.25) is 10.0 Å². The van der Waals surface area contributed by atoms with Gasteiger partial charge in [-0.25, -0.2) is 13.6 Å². The summed E-state index contributed by atoms with van der Waals surface area (Å²) in [5.74, 6) is 0.254. The van der Waals surface area contributed by atoms with Crippen LogP contribution in [0, 0.1) is 6.92 Å². The highest BCUT2D eigenvalue weighted by Gasteiger charge is 2.13. The summed E-state index contributed by atoms with van der Waals surface area (Å²) in [5, 5.41) is 7.79. The van der Waals surface area contributed by atoms with E-state index in [4.69, 9.17) is 9.88 Å². The van der Waals surface area contributed by atoms with Gasteiger partial charge in [-0.1, -0.05) is 0 Å². The van der Waals surface area contributed by atoms with Crippen LogP contribution in [0.5, 0.6) is 5.75 Å². The van der Waals surface area contributed by atoms with Gasteiger partial charge in [0.1, 0.15) is 5.75 Å². The molecule has 2 rings (SSSR count). The van der Waals surface area contributed by atoms with Gasteiger partial charge in [0.25, 0.3) is 5.91 Å². The Morgan fingerprint density at radius 1 is 1.14 bits per heavy atom. The Balaban J connectivity index is 2.27. The van der Waals surface area contributed by atoms with Gasteiger partial charge in [-0.15, -0.1) is 0 Å². The molecule has 3 N–H and O–H groups in total. The van der Waals surface area contributed by atoms with Crippen LogP contribution in [0.15, 0.2) is 47.4 Å². The topological polar surface area (TPSA) is 98.5 Å². The Hall–Kier alpha value is -2.38. The van der Waals surface area contributed by atoms with Crippen molar-refractivity contribution in [1.82, 2.24) is 0 Å². The van der Waals surface area contributed by atoms with Crippen molar-refractivity contribution >= 4 is 21.6 Å². The molecule has 0 aliphatic heterocycles. The lowest BCUT2D eigenvalue weighted by molar-refractivity contribution is 0.102. The van der Waals surface area contributed by atoms with Crippen LogP contribution in [0.1, 0.15) is 15.9 Å². The Labute approximate surface area is 129 Å². The van der Waals surface area contributed by atoms with Gasteiger partial charge in [-0.05, 0) is 55.0 Å². The zero-order valence-corrected chi connectivity index (χ0v) is 13.0. The van der Waals surface area contributed by atoms with Crippen LogP contribution in [-0.4, -0.2) is 21.4 Å². The third-order valence-corrected chi connectivity index (χ3v) is 3.88. The summed E-state index contributed by atoms with van der Waals surface area (Å²) in [5.41, 5.74) is 1.43. The minimum atomic E-state index is -3.86. The molecular formula is C15H16N2O4S. The number of rotatable bonds is 4. The number of sulfonamides is 1. The van der Waals surface area contributed by atoms with Crippen LogP contribution in [0.2, 0.25) is 0 Å². The van der Waals surface area contributed by atoms with E-state index in [-0.39, 0.29) is 10.5 Å². The summed E-state index contributed by atoms with van der Waals surface area (Å²) >= 11 is 0. The Kier molecular flexibility index (Phi) is 4.48. The van der Waals surface area contributed by atoms with Crippen molar-refractivity contribution in [2.45, 2.75) is 11.8 Å². The van der Waals surface area contributed by atoms with E-state index in [9.17, 15) is 13.2 Å². The number of methoxy groups -OCH3 is 1. The summed E-state index contributed by atoms with van der Waals surface area (Å²) < 4.78 is 27.9. The quantitative estimate of drug-likeness (QED) is 0.899. The molecule has 0 bridgehead atoms. The summed E-state index contributed by atoms with van der Waals surface area (Å²) in [7, 11) is -2.31. The van der Waals surface area contributed by atoms with Crippen molar-refractivity contribution in [3.05, 3.63) is 53.6 Å². The molecule has 0 aliphatic rings. The van der Waals surface area contributed by atoms with E-state index >= 15 is 0 Å². The number of nitrogens with one attached hydrogen (secondary N) is 1. The van der Waals surface area contributed by atoms with E-state index in [0.29, 0.717) is 17.0 Å². The van der Waals surface area contributed by atoms with Crippen LogP contribution in [0.3, 0.4) is 0 Å². The van der Waals surface area contributed by atoms with Crippen molar-refractivity contribution in [3.8, 4) is 5.75 Å². The van der Waals surface area contributed by atoms with Crippen LogP contribution in [0.25, 0.3) is 0 Å². The molecule has 0 saturated heterocycles. The maximum absolute atomic E-state index is 12.2. The van der Waals surface area contributed by atoms with Gasteiger partial charge < -0.3 is 10.1 Å². The second kappa shape index (κ2) is 6.17. The summed E-state index contributed by atoms with van der Waals surface area (Å²) in [6.45, 7) is 1.69. The fourth-order valence-corrected chi connectivity index (χ4v) is 2.56. The molecule has 7 heteroatoms. The normalized spacial score (nSPS) is 11.0. The Morgan fingerprint density at radius 3 is 2.32 bits per heavy atom. The molecule has 0 saturated carbocycles. The molecule has 2 aromatic rings. The number of benzene rings is 2. The fourth-order valence-electron chi connectivity index (χ4n) is 1.92. The number of nitrogens with two attached hydrogens (primary N) is 1. The van der Waals surface area contributed by atoms with Crippen molar-refractivity contribution < 1.29 is 17.9 Å². The first-order valence-corrected chi connectivity index (χ1v) is 7.94. The van der Waals surface area contributed by atoms with Crippen LogP contribution in [-0.2, 0) is 10.0 Å². The SMILES string of the molecule is COc1ccc(NC(=O)c2cc(C)cc(S(N)(=O)=O)c2)cc1. The zero-order chi connectivity index (χ0) is 16.3. The molecule has 6 nitrogen and oxygen atoms in total. The van der Waals surface area contributed by atoms with Gasteiger partial charge in [-0.2, -0.15) is 0 Å². The number of amides is 1. The third kappa shape index (κ3) is 3.84. The average Bonchev–Trinajstić information content (AvgIpc) is 2.46. The van der Waals surface area contributed by atoms with Gasteiger partial charge in [-0.3, -0.25) is 4.79 Å². The minimum absolute atomic E-state index is 0.0904. The summed E-state index contributed by atoms with van der Waals surface area (Å²) in [4.78, 5) is 12.1. The molecule has 0 unspecified atom stereocenters. The van der Waals surface area contributed by atoms with Crippen molar-refractivity contribution in [2.24, 2.45) is 5.14 Å². The lowest BCUT2D eigenvalue weighted by atomic mass is 10.1. The number of carbonyl (C=O) groups excluding carboxylic acids is 1. The maximum atomic E-state index is 12.2. The average molecular weight is 320 g/mol. The molecule has 0 aromatic heterocycles. The lowest BCUT2D eigenvalue weighted by Crippen LogP contribution is -2.16. The van der Waals surface area contributed by atoms with Crippen LogP contribution in [0.4, 0.5) is 5.69 Å². The first kappa shape index (κ1) is 16.0. The number of ether oxygens (including phenoxy) is 1. The number of hydrogen-bond acceptors (Lipinski definition) is 4. The molecule has 0 fully saturated rings. The highest BCUT2D eigenvalue weighted by molar-refractivity contribution is 7.89. The third-order valence-electron chi connectivity index (χ3n) is 2.99. The largest absolute Gasteiger partial charge is 0.497 e. The van der Waals surface area contributed by atoms with Gasteiger partial charge in [0.15, 0.2) is 0 Å². The van der Waals surface area contributed by atoms with E-state index in [1.165, 1.54) is 12.1 Å². The van der Waals surface area contributed by atoms with Crippen molar-refractivity contribution in [2.75, 3.05) is 12.4 Å². The monoisotopic (exact) mass is 320 g/mol.